The van der Waals surface area contributed by atoms with Crippen LogP contribution in [0.5, 0.6) is 0 Å². The predicted molar refractivity (Wildman–Crippen MR) is 53.2 cm³/mol. The van der Waals surface area contributed by atoms with Crippen molar-refractivity contribution in [2.24, 2.45) is 15.0 Å². The summed E-state index contributed by atoms with van der Waals surface area (Å²) in [7, 11) is 0. The van der Waals surface area contributed by atoms with E-state index in [0.29, 0.717) is 0 Å². The van der Waals surface area contributed by atoms with Gasteiger partial charge in [0.05, 0.1) is 0 Å². The zero-order chi connectivity index (χ0) is 9.86. The van der Waals surface area contributed by atoms with Gasteiger partial charge in [0.1, 0.15) is 0 Å². The highest BCUT2D eigenvalue weighted by atomic mass is 16.1. The van der Waals surface area contributed by atoms with Gasteiger partial charge in [0.25, 0.3) is 5.79 Å². The monoisotopic (exact) mass is 185 g/mol. The molecule has 1 aromatic rings. The molecule has 0 saturated carbocycles. The van der Waals surface area contributed by atoms with Gasteiger partial charge in [-0.2, -0.15) is 0 Å². The van der Waals surface area contributed by atoms with Crippen molar-refractivity contribution in [2.75, 3.05) is 0 Å². The normalized spacial score (nSPS) is 16.6. The van der Waals surface area contributed by atoms with E-state index >= 15 is 0 Å². The fourth-order valence-electron chi connectivity index (χ4n) is 1.30. The molecule has 0 N–H and O–H groups in total. The minimum absolute atomic E-state index is 0.758. The maximum Gasteiger partial charge on any atom is 0.283 e. The maximum absolute atomic E-state index is 10.3. The molecule has 14 heavy (non-hydrogen) atoms. The number of aliphatic imine (C=N–C) groups is 3. The summed E-state index contributed by atoms with van der Waals surface area (Å²) >= 11 is 0. The maximum atomic E-state index is 10.3. The van der Waals surface area contributed by atoms with Crippen LogP contribution in [-0.2, 0) is 10.6 Å². The van der Waals surface area contributed by atoms with E-state index < -0.39 is 5.79 Å². The Labute approximate surface area is 80.7 Å². The standard InChI is InChI=1S/C10H7N3O/c14-8-13-10(11-6-7-12-10)9-4-2-1-3-5-9/h1-7H. The van der Waals surface area contributed by atoms with Crippen molar-refractivity contribution in [1.82, 2.24) is 0 Å². The first-order chi connectivity index (χ1) is 6.87. The van der Waals surface area contributed by atoms with Crippen molar-refractivity contribution in [2.45, 2.75) is 5.79 Å². The van der Waals surface area contributed by atoms with Gasteiger partial charge >= 0.3 is 0 Å². The average molecular weight is 185 g/mol. The van der Waals surface area contributed by atoms with Gasteiger partial charge in [-0.25, -0.2) is 14.8 Å². The molecule has 0 amide bonds. The molecule has 2 rings (SSSR count). The summed E-state index contributed by atoms with van der Waals surface area (Å²) in [6.07, 6.45) is 4.54. The molecular formula is C10H7N3O. The van der Waals surface area contributed by atoms with Crippen molar-refractivity contribution in [3.05, 3.63) is 35.9 Å². The van der Waals surface area contributed by atoms with Crippen LogP contribution in [0.2, 0.25) is 0 Å². The molecule has 0 bridgehead atoms. The Balaban J connectivity index is 2.53. The molecule has 0 spiro atoms. The SMILES string of the molecule is O=C=NC1(c2ccccc2)N=CC=N1. The molecule has 0 saturated heterocycles. The Morgan fingerprint density at radius 2 is 1.79 bits per heavy atom. The largest absolute Gasteiger partial charge is 0.283 e. The molecule has 1 aliphatic rings. The van der Waals surface area contributed by atoms with E-state index in [1.165, 1.54) is 18.5 Å². The third kappa shape index (κ3) is 1.28. The number of rotatable bonds is 2. The molecule has 0 radical (unpaired) electrons. The van der Waals surface area contributed by atoms with E-state index in [9.17, 15) is 4.79 Å². The molecule has 0 fully saturated rings. The van der Waals surface area contributed by atoms with E-state index in [1.54, 1.807) is 0 Å². The second-order valence-corrected chi connectivity index (χ2v) is 2.76. The number of carbonyl (C=O) groups excluding carboxylic acids is 1. The molecule has 1 aromatic carbocycles. The van der Waals surface area contributed by atoms with Crippen LogP contribution in [0.4, 0.5) is 0 Å². The molecule has 0 unspecified atom stereocenters. The van der Waals surface area contributed by atoms with Crippen LogP contribution in [0.1, 0.15) is 5.56 Å². The minimum Gasteiger partial charge on any atom is -0.235 e. The van der Waals surface area contributed by atoms with Crippen molar-refractivity contribution in [1.29, 1.82) is 0 Å². The number of benzene rings is 1. The minimum atomic E-state index is -1.12. The summed E-state index contributed by atoms with van der Waals surface area (Å²) in [6, 6.07) is 9.22. The number of nitrogens with zero attached hydrogens (tertiary/aromatic N) is 3. The van der Waals surface area contributed by atoms with E-state index in [4.69, 9.17) is 0 Å². The highest BCUT2D eigenvalue weighted by Gasteiger charge is 2.31. The Morgan fingerprint density at radius 1 is 1.14 bits per heavy atom. The molecular weight excluding hydrogens is 178 g/mol. The van der Waals surface area contributed by atoms with Crippen LogP contribution in [0, 0.1) is 0 Å². The second kappa shape index (κ2) is 3.36. The van der Waals surface area contributed by atoms with Crippen molar-refractivity contribution >= 4 is 18.5 Å². The summed E-state index contributed by atoms with van der Waals surface area (Å²) < 4.78 is 0. The summed E-state index contributed by atoms with van der Waals surface area (Å²) in [6.45, 7) is 0. The molecule has 0 aromatic heterocycles. The van der Waals surface area contributed by atoms with Gasteiger partial charge in [0, 0.05) is 18.0 Å². The lowest BCUT2D eigenvalue weighted by atomic mass is 10.1. The summed E-state index contributed by atoms with van der Waals surface area (Å²) in [4.78, 5) is 22.0. The van der Waals surface area contributed by atoms with E-state index in [1.807, 2.05) is 30.3 Å². The van der Waals surface area contributed by atoms with Gasteiger partial charge in [0.2, 0.25) is 6.08 Å². The second-order valence-electron chi connectivity index (χ2n) is 2.76. The van der Waals surface area contributed by atoms with Crippen molar-refractivity contribution < 1.29 is 4.79 Å². The highest BCUT2D eigenvalue weighted by Crippen LogP contribution is 2.29. The fourth-order valence-corrected chi connectivity index (χ4v) is 1.30. The van der Waals surface area contributed by atoms with Crippen molar-refractivity contribution in [3.63, 3.8) is 0 Å². The Hall–Kier alpha value is -2.06. The van der Waals surface area contributed by atoms with Crippen LogP contribution in [-0.4, -0.2) is 18.5 Å². The summed E-state index contributed by atoms with van der Waals surface area (Å²) in [5.41, 5.74) is 0.758. The molecule has 4 heteroatoms. The van der Waals surface area contributed by atoms with Crippen LogP contribution in [0.3, 0.4) is 0 Å². The van der Waals surface area contributed by atoms with Crippen LogP contribution < -0.4 is 0 Å². The lowest BCUT2D eigenvalue weighted by Crippen LogP contribution is -2.15. The van der Waals surface area contributed by atoms with Gasteiger partial charge in [-0.15, -0.1) is 4.99 Å². The lowest BCUT2D eigenvalue weighted by molar-refractivity contribution is 0.495. The van der Waals surface area contributed by atoms with Gasteiger partial charge < -0.3 is 0 Å². The number of hydrogen-bond acceptors (Lipinski definition) is 4. The molecule has 68 valence electrons. The topological polar surface area (TPSA) is 54.1 Å². The van der Waals surface area contributed by atoms with Gasteiger partial charge in [-0.1, -0.05) is 30.3 Å². The average Bonchev–Trinajstić information content (AvgIpc) is 2.70. The zero-order valence-electron chi connectivity index (χ0n) is 7.29. The Kier molecular flexibility index (Phi) is 2.05. The first-order valence-corrected chi connectivity index (χ1v) is 4.11. The smallest absolute Gasteiger partial charge is 0.235 e. The number of isocyanates is 1. The first kappa shape index (κ1) is 8.53. The first-order valence-electron chi connectivity index (χ1n) is 4.11. The molecule has 4 nitrogen and oxygen atoms in total. The fraction of sp³-hybridized carbons (Fsp3) is 0.100. The third-order valence-electron chi connectivity index (χ3n) is 1.94. The molecule has 1 heterocycles. The van der Waals surface area contributed by atoms with E-state index in [0.717, 1.165) is 5.56 Å². The molecule has 1 aliphatic heterocycles. The zero-order valence-corrected chi connectivity index (χ0v) is 7.29. The molecule has 0 atom stereocenters. The van der Waals surface area contributed by atoms with Gasteiger partial charge in [0.15, 0.2) is 0 Å². The van der Waals surface area contributed by atoms with Crippen LogP contribution in [0.15, 0.2) is 45.3 Å². The van der Waals surface area contributed by atoms with Crippen molar-refractivity contribution in [3.8, 4) is 0 Å². The predicted octanol–water partition coefficient (Wildman–Crippen LogP) is 1.29. The lowest BCUT2D eigenvalue weighted by Gasteiger charge is -2.15. The van der Waals surface area contributed by atoms with Crippen LogP contribution >= 0.6 is 0 Å². The third-order valence-corrected chi connectivity index (χ3v) is 1.94. The number of hydrogen-bond donors (Lipinski definition) is 0. The quantitative estimate of drug-likeness (QED) is 0.506. The van der Waals surface area contributed by atoms with Gasteiger partial charge in [-0.3, -0.25) is 0 Å². The van der Waals surface area contributed by atoms with E-state index in [-0.39, 0.29) is 0 Å². The highest BCUT2D eigenvalue weighted by molar-refractivity contribution is 6.17. The van der Waals surface area contributed by atoms with Gasteiger partial charge in [-0.05, 0) is 0 Å². The summed E-state index contributed by atoms with van der Waals surface area (Å²) in [5, 5.41) is 0. The molecule has 0 aliphatic carbocycles. The van der Waals surface area contributed by atoms with E-state index in [2.05, 4.69) is 15.0 Å². The summed E-state index contributed by atoms with van der Waals surface area (Å²) in [5.74, 6) is -1.12. The Bertz CT molecular complexity index is 418. The van der Waals surface area contributed by atoms with Crippen LogP contribution in [0.25, 0.3) is 0 Å². The Morgan fingerprint density at radius 3 is 2.36 bits per heavy atom.